The molecule has 3 rings (SSSR count). The van der Waals surface area contributed by atoms with Gasteiger partial charge >= 0.3 is 0 Å². The topological polar surface area (TPSA) is 12.9 Å². The van der Waals surface area contributed by atoms with Crippen LogP contribution < -0.4 is 0 Å². The van der Waals surface area contributed by atoms with E-state index in [0.717, 1.165) is 11.9 Å². The Bertz CT molecular complexity index is 720. The van der Waals surface area contributed by atoms with Crippen molar-refractivity contribution in [1.29, 1.82) is 0 Å². The molecule has 1 aromatic heterocycles. The van der Waals surface area contributed by atoms with Crippen molar-refractivity contribution in [2.24, 2.45) is 0 Å². The van der Waals surface area contributed by atoms with E-state index >= 15 is 0 Å². The van der Waals surface area contributed by atoms with Crippen LogP contribution in [0.2, 0.25) is 5.15 Å². The highest BCUT2D eigenvalue weighted by atomic mass is 35.5. The molecule has 0 fully saturated rings. The molecule has 2 aromatic carbocycles. The van der Waals surface area contributed by atoms with Crippen molar-refractivity contribution in [1.82, 2.24) is 4.98 Å². The van der Waals surface area contributed by atoms with Gasteiger partial charge in [0, 0.05) is 5.39 Å². The molecular formula is C17H14ClN. The molecule has 19 heavy (non-hydrogen) atoms. The third kappa shape index (κ3) is 2.61. The van der Waals surface area contributed by atoms with Gasteiger partial charge in [-0.3, -0.25) is 0 Å². The monoisotopic (exact) mass is 267 g/mol. The summed E-state index contributed by atoms with van der Waals surface area (Å²) in [6, 6.07) is 18.8. The van der Waals surface area contributed by atoms with Crippen molar-refractivity contribution in [3.8, 4) is 0 Å². The van der Waals surface area contributed by atoms with Crippen molar-refractivity contribution in [3.05, 3.63) is 76.4 Å². The standard InChI is InChI=1S/C17H14ClN/c1-12-9-17(18)19-16-8-7-14(11-15(12)16)10-13-5-3-2-4-6-13/h2-9,11H,10H2,1H3. The predicted molar refractivity (Wildman–Crippen MR) is 80.7 cm³/mol. The number of hydrogen-bond donors (Lipinski definition) is 0. The van der Waals surface area contributed by atoms with Crippen LogP contribution in [0.4, 0.5) is 0 Å². The Hall–Kier alpha value is -1.86. The zero-order valence-electron chi connectivity index (χ0n) is 10.7. The Morgan fingerprint density at radius 1 is 0.947 bits per heavy atom. The molecule has 1 nitrogen and oxygen atoms in total. The summed E-state index contributed by atoms with van der Waals surface area (Å²) in [6.07, 6.45) is 0.943. The Morgan fingerprint density at radius 2 is 1.74 bits per heavy atom. The number of benzene rings is 2. The molecule has 94 valence electrons. The first-order valence-corrected chi connectivity index (χ1v) is 6.70. The maximum absolute atomic E-state index is 5.98. The van der Waals surface area contributed by atoms with E-state index in [1.54, 1.807) is 0 Å². The van der Waals surface area contributed by atoms with Crippen molar-refractivity contribution in [2.45, 2.75) is 13.3 Å². The summed E-state index contributed by atoms with van der Waals surface area (Å²) in [6.45, 7) is 2.07. The fourth-order valence-electron chi connectivity index (χ4n) is 2.34. The third-order valence-electron chi connectivity index (χ3n) is 3.30. The molecule has 0 aliphatic carbocycles. The Labute approximate surface area is 117 Å². The molecule has 0 radical (unpaired) electrons. The number of aromatic nitrogens is 1. The summed E-state index contributed by atoms with van der Waals surface area (Å²) < 4.78 is 0. The second kappa shape index (κ2) is 5.02. The number of fused-ring (bicyclic) bond motifs is 1. The number of pyridine rings is 1. The van der Waals surface area contributed by atoms with E-state index in [9.17, 15) is 0 Å². The molecule has 0 aliphatic rings. The molecule has 0 bridgehead atoms. The first-order valence-electron chi connectivity index (χ1n) is 6.32. The van der Waals surface area contributed by atoms with Crippen LogP contribution in [0, 0.1) is 6.92 Å². The van der Waals surface area contributed by atoms with E-state index in [-0.39, 0.29) is 0 Å². The summed E-state index contributed by atoms with van der Waals surface area (Å²) in [5.74, 6) is 0. The molecule has 0 atom stereocenters. The zero-order valence-corrected chi connectivity index (χ0v) is 11.5. The molecule has 0 spiro atoms. The highest BCUT2D eigenvalue weighted by Gasteiger charge is 2.03. The SMILES string of the molecule is Cc1cc(Cl)nc2ccc(Cc3ccccc3)cc12. The third-order valence-corrected chi connectivity index (χ3v) is 3.49. The highest BCUT2D eigenvalue weighted by Crippen LogP contribution is 2.22. The van der Waals surface area contributed by atoms with Gasteiger partial charge in [0.25, 0.3) is 0 Å². The lowest BCUT2D eigenvalue weighted by molar-refractivity contribution is 1.20. The van der Waals surface area contributed by atoms with Gasteiger partial charge in [0.15, 0.2) is 0 Å². The highest BCUT2D eigenvalue weighted by molar-refractivity contribution is 6.29. The number of aryl methyl sites for hydroxylation is 1. The lowest BCUT2D eigenvalue weighted by atomic mass is 10.0. The lowest BCUT2D eigenvalue weighted by Crippen LogP contribution is -1.90. The molecule has 0 saturated carbocycles. The van der Waals surface area contributed by atoms with Crippen LogP contribution in [0.5, 0.6) is 0 Å². The molecule has 0 amide bonds. The first kappa shape index (κ1) is 12.2. The van der Waals surface area contributed by atoms with Crippen LogP contribution >= 0.6 is 11.6 Å². The van der Waals surface area contributed by atoms with E-state index in [4.69, 9.17) is 11.6 Å². The van der Waals surface area contributed by atoms with Crippen LogP contribution in [-0.2, 0) is 6.42 Å². The smallest absolute Gasteiger partial charge is 0.130 e. The first-order chi connectivity index (χ1) is 9.22. The molecule has 1 heterocycles. The Balaban J connectivity index is 2.02. The molecule has 0 N–H and O–H groups in total. The quantitative estimate of drug-likeness (QED) is 0.609. The summed E-state index contributed by atoms with van der Waals surface area (Å²) in [5, 5.41) is 1.73. The van der Waals surface area contributed by atoms with Gasteiger partial charge in [-0.25, -0.2) is 4.98 Å². The molecule has 3 aromatic rings. The maximum atomic E-state index is 5.98. The second-order valence-corrected chi connectivity index (χ2v) is 5.16. The van der Waals surface area contributed by atoms with Crippen LogP contribution in [0.25, 0.3) is 10.9 Å². The normalized spacial score (nSPS) is 10.8. The van der Waals surface area contributed by atoms with Gasteiger partial charge in [0.1, 0.15) is 5.15 Å². The largest absolute Gasteiger partial charge is 0.236 e. The van der Waals surface area contributed by atoms with E-state index < -0.39 is 0 Å². The lowest BCUT2D eigenvalue weighted by Gasteiger charge is -2.06. The molecule has 2 heteroatoms. The van der Waals surface area contributed by atoms with Gasteiger partial charge in [0.05, 0.1) is 5.52 Å². The molecule has 0 unspecified atom stereocenters. The number of rotatable bonds is 2. The van der Waals surface area contributed by atoms with Gasteiger partial charge in [-0.2, -0.15) is 0 Å². The molecule has 0 saturated heterocycles. The van der Waals surface area contributed by atoms with Crippen LogP contribution in [-0.4, -0.2) is 4.98 Å². The molecule has 0 aliphatic heterocycles. The van der Waals surface area contributed by atoms with Gasteiger partial charge in [-0.05, 0) is 48.2 Å². The van der Waals surface area contributed by atoms with Gasteiger partial charge in [0.2, 0.25) is 0 Å². The van der Waals surface area contributed by atoms with Crippen molar-refractivity contribution in [2.75, 3.05) is 0 Å². The summed E-state index contributed by atoms with van der Waals surface area (Å²) in [4.78, 5) is 4.35. The van der Waals surface area contributed by atoms with E-state index in [1.807, 2.05) is 18.2 Å². The summed E-state index contributed by atoms with van der Waals surface area (Å²) in [5.41, 5.74) is 4.75. The zero-order chi connectivity index (χ0) is 13.2. The minimum atomic E-state index is 0.556. The van der Waals surface area contributed by atoms with Crippen molar-refractivity contribution in [3.63, 3.8) is 0 Å². The van der Waals surface area contributed by atoms with E-state index in [0.29, 0.717) is 5.15 Å². The number of halogens is 1. The van der Waals surface area contributed by atoms with E-state index in [2.05, 4.69) is 48.3 Å². The maximum Gasteiger partial charge on any atom is 0.130 e. The summed E-state index contributed by atoms with van der Waals surface area (Å²) in [7, 11) is 0. The Morgan fingerprint density at radius 3 is 2.53 bits per heavy atom. The average molecular weight is 268 g/mol. The summed E-state index contributed by atoms with van der Waals surface area (Å²) >= 11 is 5.98. The Kier molecular flexibility index (Phi) is 3.22. The van der Waals surface area contributed by atoms with Gasteiger partial charge in [-0.15, -0.1) is 0 Å². The number of hydrogen-bond acceptors (Lipinski definition) is 1. The van der Waals surface area contributed by atoms with Crippen LogP contribution in [0.15, 0.2) is 54.6 Å². The van der Waals surface area contributed by atoms with Crippen molar-refractivity contribution >= 4 is 22.5 Å². The van der Waals surface area contributed by atoms with Crippen LogP contribution in [0.1, 0.15) is 16.7 Å². The predicted octanol–water partition coefficient (Wildman–Crippen LogP) is 4.79. The fourth-order valence-corrected chi connectivity index (χ4v) is 2.60. The second-order valence-electron chi connectivity index (χ2n) is 4.78. The van der Waals surface area contributed by atoms with E-state index in [1.165, 1.54) is 22.1 Å². The van der Waals surface area contributed by atoms with Gasteiger partial charge < -0.3 is 0 Å². The van der Waals surface area contributed by atoms with Crippen LogP contribution in [0.3, 0.4) is 0 Å². The average Bonchev–Trinajstić information content (AvgIpc) is 2.40. The fraction of sp³-hybridized carbons (Fsp3) is 0.118. The number of nitrogens with zero attached hydrogens (tertiary/aromatic N) is 1. The minimum Gasteiger partial charge on any atom is -0.236 e. The minimum absolute atomic E-state index is 0.556. The van der Waals surface area contributed by atoms with Crippen molar-refractivity contribution < 1.29 is 0 Å². The molecular weight excluding hydrogens is 254 g/mol. The van der Waals surface area contributed by atoms with Gasteiger partial charge in [-0.1, -0.05) is 48.0 Å².